The summed E-state index contributed by atoms with van der Waals surface area (Å²) in [6, 6.07) is 1.15. The van der Waals surface area contributed by atoms with E-state index in [-0.39, 0.29) is 16.6 Å². The highest BCUT2D eigenvalue weighted by molar-refractivity contribution is 6.32. The van der Waals surface area contributed by atoms with Gasteiger partial charge in [0, 0.05) is 39.3 Å². The molecule has 1 aromatic rings. The molecule has 5 nitrogen and oxygen atoms in total. The molecule has 2 rings (SSSR count). The Morgan fingerprint density at radius 1 is 1.38 bits per heavy atom. The number of carbonyl (C=O) groups excluding carboxylic acids is 1. The molecule has 0 aliphatic carbocycles. The van der Waals surface area contributed by atoms with Crippen LogP contribution in [0.4, 0.5) is 4.39 Å². The van der Waals surface area contributed by atoms with Crippen LogP contribution in [0.25, 0.3) is 0 Å². The van der Waals surface area contributed by atoms with Crippen LogP contribution in [0.2, 0.25) is 5.15 Å². The summed E-state index contributed by atoms with van der Waals surface area (Å²) in [5, 5.41) is 0.0523. The smallest absolute Gasteiger partial charge is 0.257 e. The predicted octanol–water partition coefficient (Wildman–Crippen LogP) is 1.19. The highest BCUT2D eigenvalue weighted by atomic mass is 35.5. The number of likely N-dealkylation sites (N-methyl/N-ethyl adjacent to an activating group) is 1. The van der Waals surface area contributed by atoms with Crippen molar-refractivity contribution in [3.8, 4) is 0 Å². The van der Waals surface area contributed by atoms with Crippen molar-refractivity contribution >= 4 is 17.5 Å². The minimum atomic E-state index is -0.549. The number of nitrogens with zero attached hydrogens (tertiary/aromatic N) is 4. The van der Waals surface area contributed by atoms with Gasteiger partial charge in [-0.15, -0.1) is 0 Å². The van der Waals surface area contributed by atoms with Gasteiger partial charge < -0.3 is 9.80 Å². The Morgan fingerprint density at radius 3 is 2.67 bits per heavy atom. The minimum absolute atomic E-state index is 0.0523. The van der Waals surface area contributed by atoms with E-state index >= 15 is 0 Å². The third-order valence-corrected chi connectivity index (χ3v) is 3.86. The SMILES string of the molecule is CN(C)CCN1CCN(C(=O)c2cc(F)cnc2Cl)CC1. The predicted molar refractivity (Wildman–Crippen MR) is 80.1 cm³/mol. The van der Waals surface area contributed by atoms with E-state index in [1.807, 2.05) is 14.1 Å². The Labute approximate surface area is 129 Å². The van der Waals surface area contributed by atoms with Gasteiger partial charge in [-0.2, -0.15) is 0 Å². The quantitative estimate of drug-likeness (QED) is 0.783. The molecule has 0 radical (unpaired) electrons. The van der Waals surface area contributed by atoms with Gasteiger partial charge in [-0.1, -0.05) is 11.6 Å². The van der Waals surface area contributed by atoms with Gasteiger partial charge in [-0.05, 0) is 20.2 Å². The topological polar surface area (TPSA) is 39.7 Å². The standard InChI is InChI=1S/C14H20ClFN4O/c1-18(2)3-4-19-5-7-20(8-6-19)14(21)12-9-11(16)10-17-13(12)15/h9-10H,3-8H2,1-2H3. The number of carbonyl (C=O) groups is 1. The molecule has 1 fully saturated rings. The fourth-order valence-electron chi connectivity index (χ4n) is 2.26. The number of rotatable bonds is 4. The Kier molecular flexibility index (Phi) is 5.50. The maximum atomic E-state index is 13.2. The van der Waals surface area contributed by atoms with Crippen molar-refractivity contribution in [1.82, 2.24) is 19.7 Å². The van der Waals surface area contributed by atoms with E-state index in [0.29, 0.717) is 13.1 Å². The third-order valence-electron chi connectivity index (χ3n) is 3.56. The lowest BCUT2D eigenvalue weighted by molar-refractivity contribution is 0.0629. The van der Waals surface area contributed by atoms with Gasteiger partial charge in [0.15, 0.2) is 0 Å². The highest BCUT2D eigenvalue weighted by Crippen LogP contribution is 2.17. The van der Waals surface area contributed by atoms with Gasteiger partial charge in [-0.3, -0.25) is 9.69 Å². The molecule has 0 spiro atoms. The summed E-state index contributed by atoms with van der Waals surface area (Å²) in [5.41, 5.74) is 0.137. The Bertz CT molecular complexity index is 504. The normalized spacial score (nSPS) is 16.5. The summed E-state index contributed by atoms with van der Waals surface area (Å²) in [5.74, 6) is -0.799. The maximum absolute atomic E-state index is 13.2. The largest absolute Gasteiger partial charge is 0.336 e. The molecule has 1 aliphatic heterocycles. The van der Waals surface area contributed by atoms with Crippen LogP contribution < -0.4 is 0 Å². The van der Waals surface area contributed by atoms with Gasteiger partial charge in [0.1, 0.15) is 11.0 Å². The number of halogens is 2. The van der Waals surface area contributed by atoms with Crippen molar-refractivity contribution in [3.05, 3.63) is 28.8 Å². The minimum Gasteiger partial charge on any atom is -0.336 e. The maximum Gasteiger partial charge on any atom is 0.257 e. The highest BCUT2D eigenvalue weighted by Gasteiger charge is 2.24. The average molecular weight is 315 g/mol. The zero-order valence-corrected chi connectivity index (χ0v) is 13.1. The first-order valence-corrected chi connectivity index (χ1v) is 7.32. The van der Waals surface area contributed by atoms with Crippen molar-refractivity contribution in [3.63, 3.8) is 0 Å². The second-order valence-electron chi connectivity index (χ2n) is 5.43. The summed E-state index contributed by atoms with van der Waals surface area (Å²) in [4.78, 5) is 22.2. The van der Waals surface area contributed by atoms with Crippen LogP contribution in [-0.2, 0) is 0 Å². The second kappa shape index (κ2) is 7.15. The molecule has 116 valence electrons. The molecule has 1 aromatic heterocycles. The van der Waals surface area contributed by atoms with Crippen LogP contribution >= 0.6 is 11.6 Å². The lowest BCUT2D eigenvalue weighted by atomic mass is 10.2. The van der Waals surface area contributed by atoms with E-state index in [1.54, 1.807) is 4.90 Å². The molecule has 1 amide bonds. The molecule has 0 unspecified atom stereocenters. The van der Waals surface area contributed by atoms with E-state index in [9.17, 15) is 9.18 Å². The van der Waals surface area contributed by atoms with Crippen LogP contribution in [-0.4, -0.2) is 79.0 Å². The van der Waals surface area contributed by atoms with Gasteiger partial charge >= 0.3 is 0 Å². The van der Waals surface area contributed by atoms with Crippen LogP contribution in [0.5, 0.6) is 0 Å². The van der Waals surface area contributed by atoms with E-state index in [1.165, 1.54) is 0 Å². The second-order valence-corrected chi connectivity index (χ2v) is 5.79. The average Bonchev–Trinajstić information content (AvgIpc) is 2.47. The molecular formula is C14H20ClFN4O. The molecule has 1 aliphatic rings. The number of amides is 1. The van der Waals surface area contributed by atoms with Crippen molar-refractivity contribution < 1.29 is 9.18 Å². The Balaban J connectivity index is 1.92. The number of hydrogen-bond acceptors (Lipinski definition) is 4. The molecule has 0 atom stereocenters. The summed E-state index contributed by atoms with van der Waals surface area (Å²) in [6.45, 7) is 4.86. The molecule has 2 heterocycles. The fraction of sp³-hybridized carbons (Fsp3) is 0.571. The summed E-state index contributed by atoms with van der Waals surface area (Å²) in [7, 11) is 4.08. The van der Waals surface area contributed by atoms with Gasteiger partial charge in [0.25, 0.3) is 5.91 Å². The summed E-state index contributed by atoms with van der Waals surface area (Å²) >= 11 is 5.88. The fourth-order valence-corrected chi connectivity index (χ4v) is 2.44. The zero-order valence-electron chi connectivity index (χ0n) is 12.4. The van der Waals surface area contributed by atoms with Crippen LogP contribution in [0, 0.1) is 5.82 Å². The first-order chi connectivity index (χ1) is 9.97. The van der Waals surface area contributed by atoms with Crippen LogP contribution in [0.3, 0.4) is 0 Å². The van der Waals surface area contributed by atoms with E-state index in [0.717, 1.165) is 38.4 Å². The number of aromatic nitrogens is 1. The van der Waals surface area contributed by atoms with Crippen molar-refractivity contribution in [2.24, 2.45) is 0 Å². The molecular weight excluding hydrogens is 295 g/mol. The first-order valence-electron chi connectivity index (χ1n) is 6.95. The summed E-state index contributed by atoms with van der Waals surface area (Å²) < 4.78 is 13.2. The zero-order chi connectivity index (χ0) is 15.4. The van der Waals surface area contributed by atoms with E-state index < -0.39 is 5.82 Å². The van der Waals surface area contributed by atoms with Gasteiger partial charge in [0.05, 0.1) is 11.8 Å². The van der Waals surface area contributed by atoms with Gasteiger partial charge in [0.2, 0.25) is 0 Å². The lowest BCUT2D eigenvalue weighted by Gasteiger charge is -2.35. The molecule has 0 bridgehead atoms. The van der Waals surface area contributed by atoms with Crippen LogP contribution in [0.15, 0.2) is 12.3 Å². The molecule has 0 saturated carbocycles. The Hall–Kier alpha value is -1.24. The molecule has 0 aromatic carbocycles. The van der Waals surface area contributed by atoms with Crippen molar-refractivity contribution in [2.75, 3.05) is 53.4 Å². The van der Waals surface area contributed by atoms with Crippen LogP contribution in [0.1, 0.15) is 10.4 Å². The molecule has 21 heavy (non-hydrogen) atoms. The molecule has 1 saturated heterocycles. The Morgan fingerprint density at radius 2 is 2.05 bits per heavy atom. The monoisotopic (exact) mass is 314 g/mol. The first kappa shape index (κ1) is 16.1. The van der Waals surface area contributed by atoms with Gasteiger partial charge in [-0.25, -0.2) is 9.37 Å². The van der Waals surface area contributed by atoms with E-state index in [4.69, 9.17) is 11.6 Å². The molecule has 7 heteroatoms. The molecule has 0 N–H and O–H groups in total. The summed E-state index contributed by atoms with van der Waals surface area (Å²) in [6.07, 6.45) is 1.01. The number of hydrogen-bond donors (Lipinski definition) is 0. The lowest BCUT2D eigenvalue weighted by Crippen LogP contribution is -2.50. The van der Waals surface area contributed by atoms with E-state index in [2.05, 4.69) is 14.8 Å². The number of pyridine rings is 1. The number of piperazine rings is 1. The third kappa shape index (κ3) is 4.36. The van der Waals surface area contributed by atoms with Crippen molar-refractivity contribution in [1.29, 1.82) is 0 Å². The van der Waals surface area contributed by atoms with Crippen molar-refractivity contribution in [2.45, 2.75) is 0 Å².